The Morgan fingerprint density at radius 1 is 1.20 bits per heavy atom. The van der Waals surface area contributed by atoms with Gasteiger partial charge in [0, 0.05) is 11.7 Å². The quantitative estimate of drug-likeness (QED) is 0.654. The summed E-state index contributed by atoms with van der Waals surface area (Å²) in [6.07, 6.45) is 0. The summed E-state index contributed by atoms with van der Waals surface area (Å²) in [5.74, 6) is -0.592. The molecule has 6 heteroatoms. The van der Waals surface area contributed by atoms with Crippen molar-refractivity contribution in [2.45, 2.75) is 32.4 Å². The minimum absolute atomic E-state index is 0.242. The van der Waals surface area contributed by atoms with Crippen LogP contribution in [0.4, 0.5) is 10.5 Å². The molecule has 0 fully saturated rings. The number of anilines is 1. The third kappa shape index (κ3) is 4.24. The van der Waals surface area contributed by atoms with Crippen molar-refractivity contribution in [3.63, 3.8) is 0 Å². The van der Waals surface area contributed by atoms with Gasteiger partial charge >= 0.3 is 6.03 Å². The van der Waals surface area contributed by atoms with E-state index in [1.807, 2.05) is 26.1 Å². The summed E-state index contributed by atoms with van der Waals surface area (Å²) in [5, 5.41) is 8.31. The minimum Gasteiger partial charge on any atom is -0.368 e. The van der Waals surface area contributed by atoms with Crippen molar-refractivity contribution in [1.29, 1.82) is 0 Å². The molecular formula is C14H22N4O2. The maximum atomic E-state index is 11.8. The summed E-state index contributed by atoms with van der Waals surface area (Å²) in [6.45, 7) is 5.14. The first-order valence-corrected chi connectivity index (χ1v) is 6.42. The van der Waals surface area contributed by atoms with E-state index >= 15 is 0 Å². The normalized spacial score (nSPS) is 12.6. The molecule has 0 heterocycles. The number of primary amides is 1. The van der Waals surface area contributed by atoms with Crippen molar-refractivity contribution in [1.82, 2.24) is 10.6 Å². The molecule has 0 spiro atoms. The molecule has 0 aliphatic rings. The van der Waals surface area contributed by atoms with E-state index in [2.05, 4.69) is 16.0 Å². The summed E-state index contributed by atoms with van der Waals surface area (Å²) in [6, 6.07) is 7.24. The topological polar surface area (TPSA) is 96.2 Å². The van der Waals surface area contributed by atoms with Crippen LogP contribution in [0.1, 0.15) is 32.4 Å². The first kappa shape index (κ1) is 16.0. The predicted octanol–water partition coefficient (Wildman–Crippen LogP) is 1.35. The molecular weight excluding hydrogens is 256 g/mol. The molecule has 0 saturated heterocycles. The van der Waals surface area contributed by atoms with Crippen molar-refractivity contribution < 1.29 is 9.59 Å². The molecule has 0 saturated carbocycles. The van der Waals surface area contributed by atoms with E-state index in [-0.39, 0.29) is 6.04 Å². The van der Waals surface area contributed by atoms with E-state index in [9.17, 15) is 9.59 Å². The number of rotatable bonds is 5. The molecule has 0 aromatic heterocycles. The largest absolute Gasteiger partial charge is 0.368 e. The predicted molar refractivity (Wildman–Crippen MR) is 79.3 cm³/mol. The monoisotopic (exact) mass is 278 g/mol. The Balaban J connectivity index is 2.65. The van der Waals surface area contributed by atoms with Crippen molar-refractivity contribution in [3.05, 3.63) is 29.8 Å². The number of benzene rings is 1. The fraction of sp³-hybridized carbons (Fsp3) is 0.429. The minimum atomic E-state index is -1.09. The molecule has 6 nitrogen and oxygen atoms in total. The third-order valence-electron chi connectivity index (χ3n) is 3.14. The molecule has 110 valence electrons. The van der Waals surface area contributed by atoms with Gasteiger partial charge in [-0.25, -0.2) is 4.79 Å². The van der Waals surface area contributed by atoms with Crippen LogP contribution in [0.25, 0.3) is 0 Å². The SMILES string of the molecule is CNC(C)c1ccc(NC(=O)NC(C)(C)C(N)=O)cc1. The van der Waals surface area contributed by atoms with E-state index in [0.717, 1.165) is 5.56 Å². The van der Waals surface area contributed by atoms with E-state index in [0.29, 0.717) is 5.69 Å². The van der Waals surface area contributed by atoms with Crippen LogP contribution in [0.3, 0.4) is 0 Å². The second-order valence-electron chi connectivity index (χ2n) is 5.20. The number of hydrogen-bond acceptors (Lipinski definition) is 3. The number of hydrogen-bond donors (Lipinski definition) is 4. The highest BCUT2D eigenvalue weighted by atomic mass is 16.2. The summed E-state index contributed by atoms with van der Waals surface area (Å²) in [7, 11) is 1.89. The summed E-state index contributed by atoms with van der Waals surface area (Å²) < 4.78 is 0. The van der Waals surface area contributed by atoms with Gasteiger partial charge in [0.05, 0.1) is 0 Å². The van der Waals surface area contributed by atoms with Gasteiger partial charge in [0.15, 0.2) is 0 Å². The van der Waals surface area contributed by atoms with Crippen LogP contribution in [0.15, 0.2) is 24.3 Å². The third-order valence-corrected chi connectivity index (χ3v) is 3.14. The molecule has 20 heavy (non-hydrogen) atoms. The van der Waals surface area contributed by atoms with Crippen LogP contribution in [0.5, 0.6) is 0 Å². The van der Waals surface area contributed by atoms with Gasteiger partial charge in [-0.3, -0.25) is 4.79 Å². The first-order valence-electron chi connectivity index (χ1n) is 6.42. The zero-order valence-electron chi connectivity index (χ0n) is 12.3. The molecule has 0 aliphatic heterocycles. The second-order valence-corrected chi connectivity index (χ2v) is 5.20. The van der Waals surface area contributed by atoms with Crippen LogP contribution < -0.4 is 21.7 Å². The van der Waals surface area contributed by atoms with Gasteiger partial charge in [-0.2, -0.15) is 0 Å². The van der Waals surface area contributed by atoms with Gasteiger partial charge in [0.1, 0.15) is 5.54 Å². The number of carbonyl (C=O) groups excluding carboxylic acids is 2. The maximum absolute atomic E-state index is 11.8. The Kier molecular flexibility index (Phi) is 5.10. The van der Waals surface area contributed by atoms with E-state index in [4.69, 9.17) is 5.73 Å². The lowest BCUT2D eigenvalue weighted by atomic mass is 10.1. The van der Waals surface area contributed by atoms with E-state index in [1.165, 1.54) is 0 Å². The lowest BCUT2D eigenvalue weighted by Crippen LogP contribution is -2.54. The molecule has 0 bridgehead atoms. The highest BCUT2D eigenvalue weighted by Crippen LogP contribution is 2.15. The number of nitrogens with two attached hydrogens (primary N) is 1. The van der Waals surface area contributed by atoms with Crippen LogP contribution in [-0.4, -0.2) is 24.5 Å². The molecule has 1 unspecified atom stereocenters. The number of urea groups is 1. The van der Waals surface area contributed by atoms with Crippen molar-refractivity contribution >= 4 is 17.6 Å². The van der Waals surface area contributed by atoms with Crippen molar-refractivity contribution in [3.8, 4) is 0 Å². The number of amides is 3. The molecule has 1 aromatic rings. The van der Waals surface area contributed by atoms with Gasteiger partial charge in [-0.05, 0) is 45.5 Å². The van der Waals surface area contributed by atoms with Crippen molar-refractivity contribution in [2.75, 3.05) is 12.4 Å². The molecule has 1 atom stereocenters. The van der Waals surface area contributed by atoms with Gasteiger partial charge in [-0.1, -0.05) is 12.1 Å². The average Bonchev–Trinajstić information content (AvgIpc) is 2.37. The Labute approximate surface area is 119 Å². The Morgan fingerprint density at radius 2 is 1.75 bits per heavy atom. The molecule has 0 aliphatic carbocycles. The summed E-state index contributed by atoms with van der Waals surface area (Å²) in [5.41, 5.74) is 5.87. The van der Waals surface area contributed by atoms with Crippen LogP contribution in [-0.2, 0) is 4.79 Å². The zero-order valence-corrected chi connectivity index (χ0v) is 12.3. The smallest absolute Gasteiger partial charge is 0.320 e. The highest BCUT2D eigenvalue weighted by molar-refractivity contribution is 5.94. The molecule has 0 radical (unpaired) electrons. The van der Waals surface area contributed by atoms with Gasteiger partial charge in [0.2, 0.25) is 5.91 Å². The summed E-state index contributed by atoms with van der Waals surface area (Å²) in [4.78, 5) is 22.9. The molecule has 5 N–H and O–H groups in total. The van der Waals surface area contributed by atoms with Gasteiger partial charge in [0.25, 0.3) is 0 Å². The molecule has 1 rings (SSSR count). The molecule has 1 aromatic carbocycles. The highest BCUT2D eigenvalue weighted by Gasteiger charge is 2.26. The van der Waals surface area contributed by atoms with E-state index < -0.39 is 17.5 Å². The lowest BCUT2D eigenvalue weighted by molar-refractivity contribution is -0.122. The Bertz CT molecular complexity index is 482. The second kappa shape index (κ2) is 6.38. The standard InChI is InChI=1S/C14H22N4O2/c1-9(16-4)10-5-7-11(8-6-10)17-13(20)18-14(2,3)12(15)19/h5-9,16H,1-4H3,(H2,15,19)(H2,17,18,20). The Morgan fingerprint density at radius 3 is 2.20 bits per heavy atom. The lowest BCUT2D eigenvalue weighted by Gasteiger charge is -2.22. The van der Waals surface area contributed by atoms with Crippen molar-refractivity contribution in [2.24, 2.45) is 5.73 Å². The average molecular weight is 278 g/mol. The first-order chi connectivity index (χ1) is 9.26. The van der Waals surface area contributed by atoms with Crippen LogP contribution >= 0.6 is 0 Å². The van der Waals surface area contributed by atoms with E-state index in [1.54, 1.807) is 26.0 Å². The van der Waals surface area contributed by atoms with Crippen LogP contribution in [0.2, 0.25) is 0 Å². The number of nitrogens with one attached hydrogen (secondary N) is 3. The fourth-order valence-electron chi connectivity index (χ4n) is 1.53. The zero-order chi connectivity index (χ0) is 15.3. The fourth-order valence-corrected chi connectivity index (χ4v) is 1.53. The molecule has 3 amide bonds. The Hall–Kier alpha value is -2.08. The van der Waals surface area contributed by atoms with Gasteiger partial charge < -0.3 is 21.7 Å². The van der Waals surface area contributed by atoms with Gasteiger partial charge in [-0.15, -0.1) is 0 Å². The maximum Gasteiger partial charge on any atom is 0.320 e. The summed E-state index contributed by atoms with van der Waals surface area (Å²) >= 11 is 0. The number of carbonyl (C=O) groups is 2. The van der Waals surface area contributed by atoms with Crippen LogP contribution in [0, 0.1) is 0 Å².